The predicted molar refractivity (Wildman–Crippen MR) is 113 cm³/mol. The first-order valence-corrected chi connectivity index (χ1v) is 11.7. The van der Waals surface area contributed by atoms with Crippen LogP contribution in [0.1, 0.15) is 51.5 Å². The monoisotopic (exact) mass is 404 g/mol. The van der Waals surface area contributed by atoms with Gasteiger partial charge in [-0.2, -0.15) is 0 Å². The largest absolute Gasteiger partial charge is 0.391 e. The summed E-state index contributed by atoms with van der Waals surface area (Å²) in [5.41, 5.74) is 2.31. The van der Waals surface area contributed by atoms with E-state index in [4.69, 9.17) is 5.41 Å². The molecule has 154 valence electrons. The molecule has 0 unspecified atom stereocenters. The Bertz CT molecular complexity index is 807. The minimum atomic E-state index is -3.67. The summed E-state index contributed by atoms with van der Waals surface area (Å²) >= 11 is 0. The van der Waals surface area contributed by atoms with E-state index in [0.29, 0.717) is 19.1 Å². The molecule has 1 aromatic rings. The molecule has 0 spiro atoms. The molecule has 7 heteroatoms. The SMILES string of the molecule is CC(C)=CNCCc1ccc(S(=O)(=O)N2CCN(C3CCCCC3)C2=N)cc1. The molecule has 0 atom stereocenters. The van der Waals surface area contributed by atoms with Crippen molar-refractivity contribution in [3.05, 3.63) is 41.6 Å². The first kappa shape index (κ1) is 20.7. The van der Waals surface area contributed by atoms with Crippen molar-refractivity contribution >= 4 is 16.0 Å². The number of nitrogens with zero attached hydrogens (tertiary/aromatic N) is 2. The Morgan fingerprint density at radius 1 is 1.14 bits per heavy atom. The van der Waals surface area contributed by atoms with Crippen molar-refractivity contribution in [2.24, 2.45) is 0 Å². The third-order valence-corrected chi connectivity index (χ3v) is 7.33. The summed E-state index contributed by atoms with van der Waals surface area (Å²) in [5, 5.41) is 11.7. The zero-order chi connectivity index (χ0) is 20.1. The van der Waals surface area contributed by atoms with Crippen LogP contribution < -0.4 is 5.32 Å². The van der Waals surface area contributed by atoms with E-state index in [2.05, 4.69) is 5.32 Å². The average molecular weight is 405 g/mol. The molecule has 1 heterocycles. The fourth-order valence-corrected chi connectivity index (χ4v) is 5.37. The van der Waals surface area contributed by atoms with E-state index in [1.54, 1.807) is 12.1 Å². The van der Waals surface area contributed by atoms with Crippen LogP contribution in [0.3, 0.4) is 0 Å². The molecule has 1 aliphatic heterocycles. The molecule has 1 saturated heterocycles. The Kier molecular flexibility index (Phi) is 6.65. The Morgan fingerprint density at radius 2 is 1.82 bits per heavy atom. The van der Waals surface area contributed by atoms with Crippen LogP contribution in [-0.4, -0.2) is 49.3 Å². The molecular weight excluding hydrogens is 372 g/mol. The van der Waals surface area contributed by atoms with Crippen molar-refractivity contribution < 1.29 is 8.42 Å². The highest BCUT2D eigenvalue weighted by Crippen LogP contribution is 2.28. The molecule has 0 radical (unpaired) electrons. The molecule has 0 amide bonds. The maximum absolute atomic E-state index is 13.1. The second-order valence-corrected chi connectivity index (χ2v) is 9.82. The number of sulfonamides is 1. The summed E-state index contributed by atoms with van der Waals surface area (Å²) < 4.78 is 27.4. The summed E-state index contributed by atoms with van der Waals surface area (Å²) in [6.07, 6.45) is 8.53. The number of rotatable bonds is 7. The van der Waals surface area contributed by atoms with Gasteiger partial charge in [0.2, 0.25) is 5.96 Å². The summed E-state index contributed by atoms with van der Waals surface area (Å²) in [5.74, 6) is 0.141. The molecule has 2 fully saturated rings. The lowest BCUT2D eigenvalue weighted by molar-refractivity contribution is 0.260. The molecule has 1 aliphatic carbocycles. The minimum Gasteiger partial charge on any atom is -0.391 e. The minimum absolute atomic E-state index is 0.141. The molecule has 2 N–H and O–H groups in total. The highest BCUT2D eigenvalue weighted by Gasteiger charge is 2.38. The first-order valence-electron chi connectivity index (χ1n) is 10.2. The van der Waals surface area contributed by atoms with Gasteiger partial charge in [0.15, 0.2) is 0 Å². The summed E-state index contributed by atoms with van der Waals surface area (Å²) in [4.78, 5) is 2.25. The van der Waals surface area contributed by atoms with E-state index in [0.717, 1.165) is 31.4 Å². The molecule has 6 nitrogen and oxygen atoms in total. The Morgan fingerprint density at radius 3 is 2.46 bits per heavy atom. The van der Waals surface area contributed by atoms with Gasteiger partial charge in [-0.15, -0.1) is 0 Å². The van der Waals surface area contributed by atoms with Crippen LogP contribution in [0, 0.1) is 5.41 Å². The van der Waals surface area contributed by atoms with Crippen LogP contribution in [0.5, 0.6) is 0 Å². The summed E-state index contributed by atoms with van der Waals surface area (Å²) in [7, 11) is -3.67. The van der Waals surface area contributed by atoms with E-state index >= 15 is 0 Å². The fourth-order valence-electron chi connectivity index (χ4n) is 3.98. The second kappa shape index (κ2) is 8.99. The molecule has 2 aliphatic rings. The van der Waals surface area contributed by atoms with Gasteiger partial charge in [-0.25, -0.2) is 12.7 Å². The van der Waals surface area contributed by atoms with Crippen LogP contribution in [-0.2, 0) is 16.4 Å². The number of hydrogen-bond donors (Lipinski definition) is 2. The fraction of sp³-hybridized carbons (Fsp3) is 0.571. The zero-order valence-electron chi connectivity index (χ0n) is 16.9. The normalized spacial score (nSPS) is 18.4. The predicted octanol–water partition coefficient (Wildman–Crippen LogP) is 3.32. The van der Waals surface area contributed by atoms with Crippen molar-refractivity contribution in [1.29, 1.82) is 5.41 Å². The maximum Gasteiger partial charge on any atom is 0.266 e. The molecule has 0 aromatic heterocycles. The van der Waals surface area contributed by atoms with Gasteiger partial charge in [0.05, 0.1) is 11.4 Å². The molecule has 0 bridgehead atoms. The third-order valence-electron chi connectivity index (χ3n) is 5.53. The number of guanidine groups is 1. The van der Waals surface area contributed by atoms with Gasteiger partial charge in [0.25, 0.3) is 10.0 Å². The lowest BCUT2D eigenvalue weighted by atomic mass is 9.94. The van der Waals surface area contributed by atoms with Crippen LogP contribution in [0.15, 0.2) is 40.9 Å². The topological polar surface area (TPSA) is 76.5 Å². The van der Waals surface area contributed by atoms with Gasteiger partial charge in [0.1, 0.15) is 0 Å². The van der Waals surface area contributed by atoms with E-state index in [1.165, 1.54) is 29.1 Å². The Hall–Kier alpha value is -2.02. The van der Waals surface area contributed by atoms with E-state index in [1.807, 2.05) is 37.1 Å². The van der Waals surface area contributed by atoms with Crippen molar-refractivity contribution in [2.45, 2.75) is 63.3 Å². The smallest absolute Gasteiger partial charge is 0.266 e. The van der Waals surface area contributed by atoms with Crippen molar-refractivity contribution in [1.82, 2.24) is 14.5 Å². The molecule has 28 heavy (non-hydrogen) atoms. The highest BCUT2D eigenvalue weighted by molar-refractivity contribution is 7.89. The Labute approximate surface area is 169 Å². The van der Waals surface area contributed by atoms with E-state index in [-0.39, 0.29) is 10.9 Å². The number of hydrogen-bond acceptors (Lipinski definition) is 4. The van der Waals surface area contributed by atoms with Gasteiger partial charge < -0.3 is 10.2 Å². The standard InChI is InChI=1S/C21H32N4O2S/c1-17(2)16-23-13-12-18-8-10-20(11-9-18)28(26,27)25-15-14-24(21(25)22)19-6-4-3-5-7-19/h8-11,16,19,22-23H,3-7,12-15H2,1-2H3. The van der Waals surface area contributed by atoms with Gasteiger partial charge in [0, 0.05) is 19.1 Å². The van der Waals surface area contributed by atoms with Gasteiger partial charge in [-0.1, -0.05) is 37.0 Å². The Balaban J connectivity index is 1.64. The number of nitrogens with one attached hydrogen (secondary N) is 2. The van der Waals surface area contributed by atoms with Gasteiger partial charge in [-0.05, 0) is 57.0 Å². The zero-order valence-corrected chi connectivity index (χ0v) is 17.8. The quantitative estimate of drug-likeness (QED) is 0.684. The second-order valence-electron chi connectivity index (χ2n) is 7.96. The lowest BCUT2D eigenvalue weighted by Crippen LogP contribution is -2.42. The summed E-state index contributed by atoms with van der Waals surface area (Å²) in [6, 6.07) is 7.40. The van der Waals surface area contributed by atoms with Crippen molar-refractivity contribution in [3.8, 4) is 0 Å². The van der Waals surface area contributed by atoms with E-state index < -0.39 is 10.0 Å². The molecule has 1 saturated carbocycles. The third kappa shape index (κ3) is 4.69. The van der Waals surface area contributed by atoms with Crippen molar-refractivity contribution in [2.75, 3.05) is 19.6 Å². The van der Waals surface area contributed by atoms with Crippen molar-refractivity contribution in [3.63, 3.8) is 0 Å². The first-order chi connectivity index (χ1) is 13.4. The van der Waals surface area contributed by atoms with Crippen LogP contribution in [0.2, 0.25) is 0 Å². The summed E-state index contributed by atoms with van der Waals surface area (Å²) in [6.45, 7) is 5.88. The molecule has 1 aromatic carbocycles. The lowest BCUT2D eigenvalue weighted by Gasteiger charge is -2.32. The van der Waals surface area contributed by atoms with Gasteiger partial charge in [-0.3, -0.25) is 5.41 Å². The number of allylic oxidation sites excluding steroid dienone is 1. The molecular formula is C21H32N4O2S. The molecule has 3 rings (SSSR count). The van der Waals surface area contributed by atoms with Crippen LogP contribution in [0.4, 0.5) is 0 Å². The number of benzene rings is 1. The van der Waals surface area contributed by atoms with Gasteiger partial charge >= 0.3 is 0 Å². The highest BCUT2D eigenvalue weighted by atomic mass is 32.2. The average Bonchev–Trinajstić information content (AvgIpc) is 3.08. The maximum atomic E-state index is 13.1. The van der Waals surface area contributed by atoms with E-state index in [9.17, 15) is 8.42 Å². The van der Waals surface area contributed by atoms with Crippen LogP contribution in [0.25, 0.3) is 0 Å². The van der Waals surface area contributed by atoms with Crippen LogP contribution >= 0.6 is 0 Å².